The fourth-order valence-electron chi connectivity index (χ4n) is 1.32. The van der Waals surface area contributed by atoms with Gasteiger partial charge in [0.15, 0.2) is 6.10 Å². The maximum atomic E-state index is 11.0. The number of carbonyl (C=O) groups is 2. The molecule has 1 rings (SSSR count). The molecule has 92 valence electrons. The lowest BCUT2D eigenvalue weighted by molar-refractivity contribution is -0.156. The quantitative estimate of drug-likeness (QED) is 0.802. The number of rotatable bonds is 4. The third-order valence-corrected chi connectivity index (χ3v) is 2.72. The molecule has 1 aromatic rings. The van der Waals surface area contributed by atoms with Gasteiger partial charge in [-0.25, -0.2) is 0 Å². The van der Waals surface area contributed by atoms with E-state index in [1.54, 1.807) is 6.07 Å². The molecule has 1 aromatic carbocycles. The van der Waals surface area contributed by atoms with Gasteiger partial charge in [-0.3, -0.25) is 9.59 Å². The molecule has 0 aliphatic rings. The average molecular weight is 301 g/mol. The molecule has 0 saturated heterocycles. The van der Waals surface area contributed by atoms with Crippen LogP contribution in [0.3, 0.4) is 0 Å². The second kappa shape index (κ2) is 6.39. The van der Waals surface area contributed by atoms with Crippen molar-refractivity contribution >= 4 is 27.9 Å². The standard InChI is InChI=1S/C12H13BrO4/c1-8(14)16-7-12(17-9(2)15)10-5-3-4-6-11(10)13/h3-6,12H,7H2,1-2H3. The second-order valence-corrected chi connectivity index (χ2v) is 4.28. The summed E-state index contributed by atoms with van der Waals surface area (Å²) in [5.74, 6) is -0.827. The van der Waals surface area contributed by atoms with Gasteiger partial charge in [-0.15, -0.1) is 0 Å². The van der Waals surface area contributed by atoms with E-state index in [1.165, 1.54) is 13.8 Å². The molecular weight excluding hydrogens is 288 g/mol. The molecule has 5 heteroatoms. The van der Waals surface area contributed by atoms with Crippen LogP contribution < -0.4 is 0 Å². The molecule has 4 nitrogen and oxygen atoms in total. The number of esters is 2. The molecule has 1 unspecified atom stereocenters. The van der Waals surface area contributed by atoms with Crippen LogP contribution in [0.4, 0.5) is 0 Å². The van der Waals surface area contributed by atoms with Crippen LogP contribution in [0.15, 0.2) is 28.7 Å². The van der Waals surface area contributed by atoms with Gasteiger partial charge in [-0.1, -0.05) is 34.1 Å². The zero-order valence-corrected chi connectivity index (χ0v) is 11.2. The van der Waals surface area contributed by atoms with Crippen molar-refractivity contribution in [3.05, 3.63) is 34.3 Å². The fourth-order valence-corrected chi connectivity index (χ4v) is 1.86. The van der Waals surface area contributed by atoms with Crippen molar-refractivity contribution in [1.82, 2.24) is 0 Å². The van der Waals surface area contributed by atoms with Gasteiger partial charge < -0.3 is 9.47 Å². The molecule has 0 spiro atoms. The Morgan fingerprint density at radius 3 is 2.41 bits per heavy atom. The number of halogens is 1. The van der Waals surface area contributed by atoms with Gasteiger partial charge in [0.1, 0.15) is 6.61 Å². The van der Waals surface area contributed by atoms with Crippen LogP contribution in [0.2, 0.25) is 0 Å². The summed E-state index contributed by atoms with van der Waals surface area (Å²) in [5.41, 5.74) is 0.768. The zero-order chi connectivity index (χ0) is 12.8. The summed E-state index contributed by atoms with van der Waals surface area (Å²) in [7, 11) is 0. The predicted molar refractivity (Wildman–Crippen MR) is 65.3 cm³/mol. The topological polar surface area (TPSA) is 52.6 Å². The van der Waals surface area contributed by atoms with Crippen LogP contribution in [0.25, 0.3) is 0 Å². The summed E-state index contributed by atoms with van der Waals surface area (Å²) in [6.45, 7) is 2.64. The SMILES string of the molecule is CC(=O)OCC(OC(C)=O)c1ccccc1Br. The van der Waals surface area contributed by atoms with E-state index in [1.807, 2.05) is 18.2 Å². The first kappa shape index (κ1) is 13.7. The number of hydrogen-bond donors (Lipinski definition) is 0. The predicted octanol–water partition coefficient (Wildman–Crippen LogP) is 2.62. The van der Waals surface area contributed by atoms with E-state index < -0.39 is 18.0 Å². The van der Waals surface area contributed by atoms with Gasteiger partial charge in [-0.05, 0) is 6.07 Å². The van der Waals surface area contributed by atoms with E-state index in [0.717, 1.165) is 10.0 Å². The minimum absolute atomic E-state index is 0.0114. The monoisotopic (exact) mass is 300 g/mol. The molecule has 0 aliphatic heterocycles. The molecule has 0 amide bonds. The van der Waals surface area contributed by atoms with Crippen molar-refractivity contribution in [3.63, 3.8) is 0 Å². The van der Waals surface area contributed by atoms with Crippen molar-refractivity contribution in [1.29, 1.82) is 0 Å². The van der Waals surface area contributed by atoms with Crippen molar-refractivity contribution in [2.24, 2.45) is 0 Å². The number of carbonyl (C=O) groups excluding carboxylic acids is 2. The summed E-state index contributed by atoms with van der Waals surface area (Å²) >= 11 is 3.36. The van der Waals surface area contributed by atoms with Crippen molar-refractivity contribution < 1.29 is 19.1 Å². The number of hydrogen-bond acceptors (Lipinski definition) is 4. The van der Waals surface area contributed by atoms with Crippen LogP contribution in [0.1, 0.15) is 25.5 Å². The highest BCUT2D eigenvalue weighted by molar-refractivity contribution is 9.10. The van der Waals surface area contributed by atoms with Gasteiger partial charge in [-0.2, -0.15) is 0 Å². The third-order valence-electron chi connectivity index (χ3n) is 2.00. The van der Waals surface area contributed by atoms with Gasteiger partial charge in [0, 0.05) is 23.9 Å². The lowest BCUT2D eigenvalue weighted by atomic mass is 10.1. The maximum absolute atomic E-state index is 11.0. The molecule has 0 radical (unpaired) electrons. The number of benzene rings is 1. The summed E-state index contributed by atoms with van der Waals surface area (Å²) in [4.78, 5) is 21.8. The molecule has 0 fully saturated rings. The van der Waals surface area contributed by atoms with E-state index in [2.05, 4.69) is 15.9 Å². The van der Waals surface area contributed by atoms with Gasteiger partial charge >= 0.3 is 11.9 Å². The highest BCUT2D eigenvalue weighted by atomic mass is 79.9. The molecule has 0 heterocycles. The minimum atomic E-state index is -0.591. The van der Waals surface area contributed by atoms with Crippen LogP contribution in [0.5, 0.6) is 0 Å². The Morgan fingerprint density at radius 2 is 1.88 bits per heavy atom. The molecule has 0 N–H and O–H groups in total. The van der Waals surface area contributed by atoms with E-state index in [-0.39, 0.29) is 6.61 Å². The maximum Gasteiger partial charge on any atom is 0.303 e. The van der Waals surface area contributed by atoms with Crippen LogP contribution in [-0.2, 0) is 19.1 Å². The van der Waals surface area contributed by atoms with Crippen LogP contribution >= 0.6 is 15.9 Å². The molecule has 0 aliphatic carbocycles. The zero-order valence-electron chi connectivity index (χ0n) is 9.60. The largest absolute Gasteiger partial charge is 0.462 e. The Hall–Kier alpha value is -1.36. The van der Waals surface area contributed by atoms with Crippen molar-refractivity contribution in [3.8, 4) is 0 Å². The van der Waals surface area contributed by atoms with Crippen molar-refractivity contribution in [2.45, 2.75) is 20.0 Å². The van der Waals surface area contributed by atoms with Gasteiger partial charge in [0.25, 0.3) is 0 Å². The van der Waals surface area contributed by atoms with E-state index >= 15 is 0 Å². The highest BCUT2D eigenvalue weighted by Crippen LogP contribution is 2.26. The molecule has 1 atom stereocenters. The van der Waals surface area contributed by atoms with Crippen LogP contribution in [-0.4, -0.2) is 18.5 Å². The lowest BCUT2D eigenvalue weighted by Crippen LogP contribution is -2.16. The van der Waals surface area contributed by atoms with Gasteiger partial charge in [0.05, 0.1) is 0 Å². The Bertz CT molecular complexity index is 417. The average Bonchev–Trinajstić information content (AvgIpc) is 2.24. The van der Waals surface area contributed by atoms with E-state index in [4.69, 9.17) is 9.47 Å². The Labute approximate surface area is 108 Å². The van der Waals surface area contributed by atoms with Gasteiger partial charge in [0.2, 0.25) is 0 Å². The molecule has 0 aromatic heterocycles. The highest BCUT2D eigenvalue weighted by Gasteiger charge is 2.18. The summed E-state index contributed by atoms with van der Waals surface area (Å²) in [5, 5.41) is 0. The lowest BCUT2D eigenvalue weighted by Gasteiger charge is -2.18. The third kappa shape index (κ3) is 4.56. The first-order valence-corrected chi connectivity index (χ1v) is 5.85. The minimum Gasteiger partial charge on any atom is -0.462 e. The Kier molecular flexibility index (Phi) is 5.15. The van der Waals surface area contributed by atoms with Crippen LogP contribution in [0, 0.1) is 0 Å². The molecule has 0 bridgehead atoms. The second-order valence-electron chi connectivity index (χ2n) is 3.42. The Morgan fingerprint density at radius 1 is 1.24 bits per heavy atom. The summed E-state index contributed by atoms with van der Waals surface area (Å²) in [6, 6.07) is 7.31. The molecule has 17 heavy (non-hydrogen) atoms. The normalized spacial score (nSPS) is 11.7. The molecule has 0 saturated carbocycles. The fraction of sp³-hybridized carbons (Fsp3) is 0.333. The van der Waals surface area contributed by atoms with E-state index in [0.29, 0.717) is 0 Å². The Balaban J connectivity index is 2.85. The summed E-state index contributed by atoms with van der Waals surface area (Å²) in [6.07, 6.45) is -0.591. The summed E-state index contributed by atoms with van der Waals surface area (Å²) < 4.78 is 10.8. The molecular formula is C12H13BrO4. The smallest absolute Gasteiger partial charge is 0.303 e. The first-order valence-electron chi connectivity index (χ1n) is 5.05. The van der Waals surface area contributed by atoms with Crippen molar-refractivity contribution in [2.75, 3.05) is 6.61 Å². The number of ether oxygens (including phenoxy) is 2. The van der Waals surface area contributed by atoms with E-state index in [9.17, 15) is 9.59 Å². The first-order chi connectivity index (χ1) is 8.00.